The van der Waals surface area contributed by atoms with E-state index in [0.717, 1.165) is 36.3 Å². The van der Waals surface area contributed by atoms with Gasteiger partial charge >= 0.3 is 0 Å². The Bertz CT molecular complexity index is 793. The molecule has 2 aromatic rings. The van der Waals surface area contributed by atoms with Crippen LogP contribution in [0.15, 0.2) is 35.1 Å². The summed E-state index contributed by atoms with van der Waals surface area (Å²) in [6, 6.07) is 8.85. The van der Waals surface area contributed by atoms with E-state index in [0.29, 0.717) is 18.2 Å². The van der Waals surface area contributed by atoms with Crippen molar-refractivity contribution in [3.63, 3.8) is 0 Å². The topological polar surface area (TPSA) is 71.2 Å². The summed E-state index contributed by atoms with van der Waals surface area (Å²) in [5, 5.41) is 2.77. The Morgan fingerprint density at radius 2 is 2.08 bits per heavy atom. The van der Waals surface area contributed by atoms with Crippen LogP contribution in [0.2, 0.25) is 0 Å². The Labute approximate surface area is 141 Å². The molecular formula is C19H22N2O3. The van der Waals surface area contributed by atoms with Crippen molar-refractivity contribution in [2.24, 2.45) is 5.92 Å². The van der Waals surface area contributed by atoms with Crippen LogP contribution in [0.5, 0.6) is 5.75 Å². The van der Waals surface area contributed by atoms with Crippen molar-refractivity contribution in [3.8, 4) is 5.75 Å². The number of aromatic amines is 1. The minimum absolute atomic E-state index is 0.164. The van der Waals surface area contributed by atoms with E-state index in [1.807, 2.05) is 6.92 Å². The number of fused-ring (bicyclic) bond motifs is 1. The van der Waals surface area contributed by atoms with Crippen molar-refractivity contribution >= 4 is 11.6 Å². The normalized spacial score (nSPS) is 16.3. The first kappa shape index (κ1) is 16.3. The summed E-state index contributed by atoms with van der Waals surface area (Å²) in [6.07, 6.45) is 2.84. The zero-order valence-corrected chi connectivity index (χ0v) is 14.0. The van der Waals surface area contributed by atoms with Crippen molar-refractivity contribution in [2.75, 3.05) is 11.9 Å². The van der Waals surface area contributed by atoms with Gasteiger partial charge in [0.2, 0.25) is 0 Å². The first-order chi connectivity index (χ1) is 11.6. The van der Waals surface area contributed by atoms with Gasteiger partial charge in [0, 0.05) is 11.4 Å². The SMILES string of the molecule is CCOc1ccc(NC(=O)c2cc3c([nH]c2=O)CCC(C)C3)cc1. The first-order valence-electron chi connectivity index (χ1n) is 8.36. The van der Waals surface area contributed by atoms with Gasteiger partial charge in [0.05, 0.1) is 6.61 Å². The molecule has 1 amide bonds. The van der Waals surface area contributed by atoms with E-state index in [4.69, 9.17) is 4.74 Å². The van der Waals surface area contributed by atoms with E-state index in [1.165, 1.54) is 0 Å². The fourth-order valence-corrected chi connectivity index (χ4v) is 3.05. The average molecular weight is 326 g/mol. The highest BCUT2D eigenvalue weighted by atomic mass is 16.5. The fourth-order valence-electron chi connectivity index (χ4n) is 3.05. The van der Waals surface area contributed by atoms with Crippen molar-refractivity contribution in [3.05, 3.63) is 57.5 Å². The number of hydrogen-bond acceptors (Lipinski definition) is 3. The Morgan fingerprint density at radius 1 is 1.33 bits per heavy atom. The molecule has 2 N–H and O–H groups in total. The van der Waals surface area contributed by atoms with Gasteiger partial charge in [0.15, 0.2) is 0 Å². The molecule has 0 saturated heterocycles. The van der Waals surface area contributed by atoms with Crippen LogP contribution in [0.3, 0.4) is 0 Å². The van der Waals surface area contributed by atoms with Crippen LogP contribution in [0, 0.1) is 5.92 Å². The van der Waals surface area contributed by atoms with Crippen molar-refractivity contribution in [2.45, 2.75) is 33.1 Å². The molecule has 1 atom stereocenters. The second-order valence-electron chi connectivity index (χ2n) is 6.28. The number of carbonyl (C=O) groups excluding carboxylic acids is 1. The van der Waals surface area contributed by atoms with Gasteiger partial charge in [-0.15, -0.1) is 0 Å². The third-order valence-corrected chi connectivity index (χ3v) is 4.34. The van der Waals surface area contributed by atoms with Gasteiger partial charge in [0.25, 0.3) is 11.5 Å². The van der Waals surface area contributed by atoms with Crippen LogP contribution >= 0.6 is 0 Å². The van der Waals surface area contributed by atoms with Crippen LogP contribution in [0.4, 0.5) is 5.69 Å². The summed E-state index contributed by atoms with van der Waals surface area (Å²) >= 11 is 0. The van der Waals surface area contributed by atoms with Crippen molar-refractivity contribution < 1.29 is 9.53 Å². The number of ether oxygens (including phenoxy) is 1. The van der Waals surface area contributed by atoms with E-state index in [2.05, 4.69) is 17.2 Å². The molecule has 0 radical (unpaired) electrons. The highest BCUT2D eigenvalue weighted by Crippen LogP contribution is 2.23. The summed E-state index contributed by atoms with van der Waals surface area (Å²) in [6.45, 7) is 4.70. The lowest BCUT2D eigenvalue weighted by atomic mass is 9.87. The van der Waals surface area contributed by atoms with Gasteiger partial charge in [-0.2, -0.15) is 0 Å². The molecule has 1 heterocycles. The maximum absolute atomic E-state index is 12.5. The maximum Gasteiger partial charge on any atom is 0.261 e. The zero-order valence-electron chi connectivity index (χ0n) is 14.0. The smallest absolute Gasteiger partial charge is 0.261 e. The van der Waals surface area contributed by atoms with Gasteiger partial charge in [-0.3, -0.25) is 9.59 Å². The molecule has 1 aromatic carbocycles. The van der Waals surface area contributed by atoms with Gasteiger partial charge in [-0.05, 0) is 68.0 Å². The third-order valence-electron chi connectivity index (χ3n) is 4.34. The number of rotatable bonds is 4. The quantitative estimate of drug-likeness (QED) is 0.906. The third kappa shape index (κ3) is 3.50. The Morgan fingerprint density at radius 3 is 2.79 bits per heavy atom. The molecule has 1 aromatic heterocycles. The average Bonchev–Trinajstić information content (AvgIpc) is 2.56. The lowest BCUT2D eigenvalue weighted by Gasteiger charge is -2.21. The van der Waals surface area contributed by atoms with Gasteiger partial charge in [0.1, 0.15) is 11.3 Å². The van der Waals surface area contributed by atoms with Crippen molar-refractivity contribution in [1.82, 2.24) is 4.98 Å². The minimum atomic E-state index is -0.388. The van der Waals surface area contributed by atoms with E-state index in [9.17, 15) is 9.59 Å². The van der Waals surface area contributed by atoms with Crippen LogP contribution in [-0.4, -0.2) is 17.5 Å². The van der Waals surface area contributed by atoms with Gasteiger partial charge in [-0.1, -0.05) is 6.92 Å². The Kier molecular flexibility index (Phi) is 4.69. The minimum Gasteiger partial charge on any atom is -0.494 e. The number of benzene rings is 1. The molecule has 5 heteroatoms. The molecule has 0 fully saturated rings. The summed E-state index contributed by atoms with van der Waals surface area (Å²) in [7, 11) is 0. The van der Waals surface area contributed by atoms with Crippen molar-refractivity contribution in [1.29, 1.82) is 0 Å². The predicted molar refractivity (Wildman–Crippen MR) is 93.8 cm³/mol. The molecule has 0 spiro atoms. The van der Waals surface area contributed by atoms with Crippen LogP contribution in [0.25, 0.3) is 0 Å². The molecule has 1 aliphatic carbocycles. The predicted octanol–water partition coefficient (Wildman–Crippen LogP) is 3.15. The number of carbonyl (C=O) groups is 1. The molecule has 3 rings (SSSR count). The lowest BCUT2D eigenvalue weighted by molar-refractivity contribution is 0.102. The van der Waals surface area contributed by atoms with Crippen LogP contribution < -0.4 is 15.6 Å². The van der Waals surface area contributed by atoms with Crippen LogP contribution in [0.1, 0.15) is 41.9 Å². The molecule has 126 valence electrons. The largest absolute Gasteiger partial charge is 0.494 e. The summed E-state index contributed by atoms with van der Waals surface area (Å²) in [5.74, 6) is 0.933. The Hall–Kier alpha value is -2.56. The second kappa shape index (κ2) is 6.91. The highest BCUT2D eigenvalue weighted by Gasteiger charge is 2.20. The van der Waals surface area contributed by atoms with Gasteiger partial charge in [-0.25, -0.2) is 0 Å². The van der Waals surface area contributed by atoms with E-state index < -0.39 is 0 Å². The number of amides is 1. The fraction of sp³-hybridized carbons (Fsp3) is 0.368. The molecule has 1 aliphatic rings. The second-order valence-corrected chi connectivity index (χ2v) is 6.28. The molecule has 24 heavy (non-hydrogen) atoms. The van der Waals surface area contributed by atoms with E-state index in [1.54, 1.807) is 30.3 Å². The Balaban J connectivity index is 1.79. The lowest BCUT2D eigenvalue weighted by Crippen LogP contribution is -2.27. The first-order valence-corrected chi connectivity index (χ1v) is 8.36. The number of H-pyrrole nitrogens is 1. The molecule has 1 unspecified atom stereocenters. The molecule has 0 aliphatic heterocycles. The van der Waals surface area contributed by atoms with Crippen LogP contribution in [-0.2, 0) is 12.8 Å². The zero-order chi connectivity index (χ0) is 17.1. The number of aromatic nitrogens is 1. The van der Waals surface area contributed by atoms with E-state index in [-0.39, 0.29) is 17.0 Å². The summed E-state index contributed by atoms with van der Waals surface area (Å²) in [5.41, 5.74) is 2.51. The van der Waals surface area contributed by atoms with Gasteiger partial charge < -0.3 is 15.0 Å². The number of hydrogen-bond donors (Lipinski definition) is 2. The molecule has 5 nitrogen and oxygen atoms in total. The summed E-state index contributed by atoms with van der Waals surface area (Å²) in [4.78, 5) is 27.5. The molecular weight excluding hydrogens is 304 g/mol. The highest BCUT2D eigenvalue weighted by molar-refractivity contribution is 6.04. The molecule has 0 saturated carbocycles. The number of pyridine rings is 1. The van der Waals surface area contributed by atoms with E-state index >= 15 is 0 Å². The monoisotopic (exact) mass is 326 g/mol. The molecule has 0 bridgehead atoms. The number of nitrogens with one attached hydrogen (secondary N) is 2. The standard InChI is InChI=1S/C19H22N2O3/c1-3-24-15-7-5-14(6-8-15)20-18(22)16-11-13-10-12(2)4-9-17(13)21-19(16)23/h5-8,11-12H,3-4,9-10H2,1-2H3,(H,20,22)(H,21,23). The number of aryl methyl sites for hydroxylation is 1. The number of anilines is 1. The summed E-state index contributed by atoms with van der Waals surface area (Å²) < 4.78 is 5.37. The maximum atomic E-state index is 12.5.